The van der Waals surface area contributed by atoms with Gasteiger partial charge in [0.2, 0.25) is 11.8 Å². The molecule has 1 aliphatic rings. The van der Waals surface area contributed by atoms with E-state index in [1.165, 1.54) is 17.8 Å². The Morgan fingerprint density at radius 2 is 1.86 bits per heavy atom. The van der Waals surface area contributed by atoms with Crippen molar-refractivity contribution in [1.82, 2.24) is 25.2 Å². The molecule has 0 saturated heterocycles. The third kappa shape index (κ3) is 5.83. The number of thiophene rings is 1. The summed E-state index contributed by atoms with van der Waals surface area (Å²) in [4.78, 5) is 30.3. The number of para-hydroxylation sites is 1. The maximum Gasteiger partial charge on any atom is 0.248 e. The Labute approximate surface area is 220 Å². The number of hydrogen-bond donors (Lipinski definition) is 1. The molecule has 2 aromatic heterocycles. The van der Waals surface area contributed by atoms with E-state index in [4.69, 9.17) is 4.74 Å². The Balaban J connectivity index is 1.47. The average molecular weight is 518 g/mol. The molecule has 8 nitrogen and oxygen atoms in total. The number of carbonyl (C=O) groups is 2. The molecule has 2 amide bonds. The predicted octanol–water partition coefficient (Wildman–Crippen LogP) is 4.72. The molecular formula is C28H31N5O3S. The van der Waals surface area contributed by atoms with Gasteiger partial charge in [-0.3, -0.25) is 9.59 Å². The number of hydrogen-bond acceptors (Lipinski definition) is 6. The molecule has 2 aromatic carbocycles. The van der Waals surface area contributed by atoms with Crippen molar-refractivity contribution in [2.45, 2.75) is 57.3 Å². The molecule has 1 N–H and O–H groups in total. The second-order valence-electron chi connectivity index (χ2n) is 9.37. The summed E-state index contributed by atoms with van der Waals surface area (Å²) >= 11 is 1.48. The van der Waals surface area contributed by atoms with Crippen LogP contribution in [0.4, 0.5) is 0 Å². The predicted molar refractivity (Wildman–Crippen MR) is 143 cm³/mol. The zero-order valence-corrected chi connectivity index (χ0v) is 21.7. The van der Waals surface area contributed by atoms with Crippen molar-refractivity contribution in [3.63, 3.8) is 0 Å². The fourth-order valence-corrected chi connectivity index (χ4v) is 5.74. The monoisotopic (exact) mass is 517 g/mol. The van der Waals surface area contributed by atoms with Crippen LogP contribution in [0, 0.1) is 0 Å². The number of nitrogens with one attached hydrogen (secondary N) is 1. The van der Waals surface area contributed by atoms with E-state index in [1.54, 1.807) is 16.7 Å². The maximum absolute atomic E-state index is 14.0. The number of fused-ring (bicyclic) bond motifs is 1. The number of nitrogens with zero attached hydrogens (tertiary/aromatic N) is 4. The lowest BCUT2D eigenvalue weighted by Crippen LogP contribution is -2.47. The van der Waals surface area contributed by atoms with Crippen molar-refractivity contribution in [2.75, 3.05) is 7.11 Å². The van der Waals surface area contributed by atoms with E-state index in [0.717, 1.165) is 52.9 Å². The molecule has 1 aliphatic carbocycles. The van der Waals surface area contributed by atoms with Crippen LogP contribution in [0.2, 0.25) is 0 Å². The first-order valence-electron chi connectivity index (χ1n) is 12.7. The summed E-state index contributed by atoms with van der Waals surface area (Å²) in [5.74, 6) is 0.392. The van der Waals surface area contributed by atoms with Gasteiger partial charge in [0.25, 0.3) is 0 Å². The van der Waals surface area contributed by atoms with E-state index in [1.807, 2.05) is 66.0 Å². The summed E-state index contributed by atoms with van der Waals surface area (Å²) in [6.45, 7) is 0.255. The highest BCUT2D eigenvalue weighted by molar-refractivity contribution is 7.10. The number of ether oxygens (including phenoxy) is 1. The van der Waals surface area contributed by atoms with E-state index in [-0.39, 0.29) is 30.9 Å². The van der Waals surface area contributed by atoms with Gasteiger partial charge in [-0.05, 0) is 54.1 Å². The second kappa shape index (κ2) is 11.6. The number of methoxy groups -OCH3 is 1. The molecule has 5 rings (SSSR count). The second-order valence-corrected chi connectivity index (χ2v) is 10.3. The zero-order chi connectivity index (χ0) is 25.6. The minimum absolute atomic E-state index is 0.0186. The summed E-state index contributed by atoms with van der Waals surface area (Å²) in [6.07, 6.45) is 5.38. The molecule has 192 valence electrons. The fourth-order valence-electron chi connectivity index (χ4n) is 4.90. The lowest BCUT2D eigenvalue weighted by atomic mass is 9.95. The van der Waals surface area contributed by atoms with Crippen LogP contribution in [-0.4, -0.2) is 44.9 Å². The average Bonchev–Trinajstić information content (AvgIpc) is 3.60. The number of rotatable bonds is 9. The Hall–Kier alpha value is -3.72. The van der Waals surface area contributed by atoms with E-state index in [9.17, 15) is 9.59 Å². The SMILES string of the molecule is COc1ccc(CN(C(=O)Cn2nnc3ccccc32)[C@@H](C(=O)NC2CCCCC2)c2cccs2)cc1. The first kappa shape index (κ1) is 25.0. The lowest BCUT2D eigenvalue weighted by molar-refractivity contribution is -0.142. The van der Waals surface area contributed by atoms with Crippen molar-refractivity contribution in [3.05, 3.63) is 76.5 Å². The topological polar surface area (TPSA) is 89.3 Å². The van der Waals surface area contributed by atoms with Gasteiger partial charge in [-0.2, -0.15) is 0 Å². The smallest absolute Gasteiger partial charge is 0.248 e. The minimum atomic E-state index is -0.744. The molecule has 1 saturated carbocycles. The highest BCUT2D eigenvalue weighted by Crippen LogP contribution is 2.29. The summed E-state index contributed by atoms with van der Waals surface area (Å²) in [5, 5.41) is 13.6. The van der Waals surface area contributed by atoms with Gasteiger partial charge in [0.15, 0.2) is 0 Å². The summed E-state index contributed by atoms with van der Waals surface area (Å²) in [7, 11) is 1.62. The highest BCUT2D eigenvalue weighted by Gasteiger charge is 2.34. The first-order valence-corrected chi connectivity index (χ1v) is 13.5. The maximum atomic E-state index is 14.0. The standard InChI is InChI=1S/C28H31N5O3S/c1-36-22-15-13-20(14-16-22)18-32(26(34)19-33-24-11-6-5-10-23(24)30-31-33)27(25-12-7-17-37-25)28(35)29-21-8-3-2-4-9-21/h5-7,10-17,21,27H,2-4,8-9,18-19H2,1H3,(H,29,35)/t27-/m1/s1. The van der Waals surface area contributed by atoms with Crippen LogP contribution in [0.5, 0.6) is 5.75 Å². The number of benzene rings is 2. The molecule has 1 atom stereocenters. The van der Waals surface area contributed by atoms with Crippen LogP contribution in [0.1, 0.15) is 48.6 Å². The van der Waals surface area contributed by atoms with Gasteiger partial charge in [-0.15, -0.1) is 16.4 Å². The molecule has 2 heterocycles. The highest BCUT2D eigenvalue weighted by atomic mass is 32.1. The molecule has 1 fully saturated rings. The van der Waals surface area contributed by atoms with Gasteiger partial charge in [0.05, 0.1) is 12.6 Å². The largest absolute Gasteiger partial charge is 0.497 e. The Morgan fingerprint density at radius 3 is 2.59 bits per heavy atom. The lowest BCUT2D eigenvalue weighted by Gasteiger charge is -2.33. The molecule has 0 unspecified atom stereocenters. The molecular weight excluding hydrogens is 486 g/mol. The summed E-state index contributed by atoms with van der Waals surface area (Å²) in [5.41, 5.74) is 2.41. The van der Waals surface area contributed by atoms with Crippen LogP contribution in [0.3, 0.4) is 0 Å². The number of carbonyl (C=O) groups excluding carboxylic acids is 2. The Morgan fingerprint density at radius 1 is 1.08 bits per heavy atom. The third-order valence-corrected chi connectivity index (χ3v) is 7.79. The van der Waals surface area contributed by atoms with Gasteiger partial charge in [-0.1, -0.05) is 54.8 Å². The quantitative estimate of drug-likeness (QED) is 0.347. The van der Waals surface area contributed by atoms with Gasteiger partial charge in [-0.25, -0.2) is 4.68 Å². The Kier molecular flexibility index (Phi) is 7.79. The molecule has 37 heavy (non-hydrogen) atoms. The van der Waals surface area contributed by atoms with E-state index >= 15 is 0 Å². The van der Waals surface area contributed by atoms with Gasteiger partial charge in [0.1, 0.15) is 23.9 Å². The summed E-state index contributed by atoms with van der Waals surface area (Å²) < 4.78 is 6.90. The van der Waals surface area contributed by atoms with Crippen molar-refractivity contribution in [1.29, 1.82) is 0 Å². The third-order valence-electron chi connectivity index (χ3n) is 6.86. The van der Waals surface area contributed by atoms with Crippen molar-refractivity contribution < 1.29 is 14.3 Å². The molecule has 4 aromatic rings. The zero-order valence-electron chi connectivity index (χ0n) is 20.9. The van der Waals surface area contributed by atoms with Crippen LogP contribution in [0.15, 0.2) is 66.0 Å². The van der Waals surface area contributed by atoms with Crippen molar-refractivity contribution >= 4 is 34.2 Å². The van der Waals surface area contributed by atoms with Crippen LogP contribution in [0.25, 0.3) is 11.0 Å². The van der Waals surface area contributed by atoms with Crippen molar-refractivity contribution in [3.8, 4) is 5.75 Å². The molecule has 9 heteroatoms. The Bertz CT molecular complexity index is 1330. The normalized spacial score (nSPS) is 14.8. The van der Waals surface area contributed by atoms with E-state index in [2.05, 4.69) is 15.6 Å². The fraction of sp³-hybridized carbons (Fsp3) is 0.357. The van der Waals surface area contributed by atoms with Crippen LogP contribution in [-0.2, 0) is 22.7 Å². The van der Waals surface area contributed by atoms with Gasteiger partial charge < -0.3 is 15.0 Å². The van der Waals surface area contributed by atoms with Crippen molar-refractivity contribution in [2.24, 2.45) is 0 Å². The molecule has 0 spiro atoms. The number of amides is 2. The minimum Gasteiger partial charge on any atom is -0.497 e. The first-order chi connectivity index (χ1) is 18.1. The van der Waals surface area contributed by atoms with Crippen LogP contribution < -0.4 is 10.1 Å². The number of aromatic nitrogens is 3. The molecule has 0 bridgehead atoms. The van der Waals surface area contributed by atoms with Crippen LogP contribution >= 0.6 is 11.3 Å². The van der Waals surface area contributed by atoms with Gasteiger partial charge in [0, 0.05) is 17.5 Å². The summed E-state index contributed by atoms with van der Waals surface area (Å²) in [6, 6.07) is 18.4. The van der Waals surface area contributed by atoms with E-state index in [0.29, 0.717) is 0 Å². The van der Waals surface area contributed by atoms with E-state index < -0.39 is 6.04 Å². The van der Waals surface area contributed by atoms with Gasteiger partial charge >= 0.3 is 0 Å². The molecule has 0 radical (unpaired) electrons. The molecule has 0 aliphatic heterocycles.